The van der Waals surface area contributed by atoms with Gasteiger partial charge in [0.15, 0.2) is 0 Å². The van der Waals surface area contributed by atoms with Gasteiger partial charge in [0.25, 0.3) is 0 Å². The predicted molar refractivity (Wildman–Crippen MR) is 56.9 cm³/mol. The van der Waals surface area contributed by atoms with Gasteiger partial charge in [-0.15, -0.1) is 0 Å². The van der Waals surface area contributed by atoms with Crippen LogP contribution >= 0.6 is 0 Å². The number of amides is 2. The van der Waals surface area contributed by atoms with E-state index in [1.807, 2.05) is 18.7 Å². The highest BCUT2D eigenvalue weighted by molar-refractivity contribution is 5.74. The molecule has 0 aromatic rings. The van der Waals surface area contributed by atoms with Gasteiger partial charge in [-0.05, 0) is 20.3 Å². The molecule has 2 aliphatic rings. The van der Waals surface area contributed by atoms with Gasteiger partial charge in [0, 0.05) is 25.0 Å². The topological polar surface area (TPSA) is 57.1 Å². The van der Waals surface area contributed by atoms with E-state index in [-0.39, 0.29) is 12.1 Å². The van der Waals surface area contributed by atoms with E-state index in [0.29, 0.717) is 12.0 Å². The first-order valence-corrected chi connectivity index (χ1v) is 5.59. The van der Waals surface area contributed by atoms with Crippen LogP contribution in [0.2, 0.25) is 0 Å². The lowest BCUT2D eigenvalue weighted by atomic mass is 9.94. The standard InChI is InChI=1S/C10H18N4O/c1-7(2)12-10(15)14-4-3-9-8(6-14)5-11-13-9/h7-9H,3-6H2,1-2H3,(H,12,15). The van der Waals surface area contributed by atoms with E-state index < -0.39 is 0 Å². The molecular formula is C10H18N4O. The van der Waals surface area contributed by atoms with Gasteiger partial charge in [-0.3, -0.25) is 0 Å². The summed E-state index contributed by atoms with van der Waals surface area (Å²) in [6.45, 7) is 6.35. The molecule has 2 aliphatic heterocycles. The van der Waals surface area contributed by atoms with Gasteiger partial charge in [0.05, 0.1) is 12.6 Å². The lowest BCUT2D eigenvalue weighted by molar-refractivity contribution is 0.162. The molecule has 0 radical (unpaired) electrons. The van der Waals surface area contributed by atoms with Gasteiger partial charge in [0.1, 0.15) is 0 Å². The number of urea groups is 1. The van der Waals surface area contributed by atoms with Crippen molar-refractivity contribution in [1.29, 1.82) is 0 Å². The van der Waals surface area contributed by atoms with Crippen molar-refractivity contribution in [3.63, 3.8) is 0 Å². The van der Waals surface area contributed by atoms with E-state index in [1.165, 1.54) is 0 Å². The Hall–Kier alpha value is -1.13. The van der Waals surface area contributed by atoms with Gasteiger partial charge in [-0.2, -0.15) is 10.2 Å². The zero-order valence-electron chi connectivity index (χ0n) is 9.31. The quantitative estimate of drug-likeness (QED) is 0.696. The second-order valence-electron chi connectivity index (χ2n) is 4.61. The molecule has 2 unspecified atom stereocenters. The minimum Gasteiger partial charge on any atom is -0.336 e. The highest BCUT2D eigenvalue weighted by atomic mass is 16.2. The van der Waals surface area contributed by atoms with Crippen LogP contribution in [0.5, 0.6) is 0 Å². The Balaban J connectivity index is 1.88. The highest BCUT2D eigenvalue weighted by Gasteiger charge is 2.34. The number of rotatable bonds is 1. The van der Waals surface area contributed by atoms with Crippen LogP contribution in [0.15, 0.2) is 10.2 Å². The molecule has 1 fully saturated rings. The molecule has 0 saturated carbocycles. The van der Waals surface area contributed by atoms with Crippen LogP contribution in [-0.4, -0.2) is 42.6 Å². The molecule has 2 atom stereocenters. The molecule has 2 rings (SSSR count). The third-order valence-corrected chi connectivity index (χ3v) is 2.94. The number of hydrogen-bond donors (Lipinski definition) is 1. The molecule has 2 amide bonds. The zero-order valence-corrected chi connectivity index (χ0v) is 9.31. The van der Waals surface area contributed by atoms with Gasteiger partial charge in [-0.25, -0.2) is 4.79 Å². The number of likely N-dealkylation sites (tertiary alicyclic amines) is 1. The van der Waals surface area contributed by atoms with Crippen LogP contribution in [0, 0.1) is 5.92 Å². The summed E-state index contributed by atoms with van der Waals surface area (Å²) >= 11 is 0. The van der Waals surface area contributed by atoms with Gasteiger partial charge >= 0.3 is 6.03 Å². The Morgan fingerprint density at radius 2 is 2.33 bits per heavy atom. The number of carbonyl (C=O) groups excluding carboxylic acids is 1. The average molecular weight is 210 g/mol. The second kappa shape index (κ2) is 4.16. The molecule has 5 nitrogen and oxygen atoms in total. The molecule has 2 heterocycles. The maximum atomic E-state index is 11.8. The third kappa shape index (κ3) is 2.27. The van der Waals surface area contributed by atoms with E-state index in [9.17, 15) is 4.79 Å². The fraction of sp³-hybridized carbons (Fsp3) is 0.900. The first-order chi connectivity index (χ1) is 7.16. The number of carbonyl (C=O) groups is 1. The smallest absolute Gasteiger partial charge is 0.317 e. The molecule has 0 aromatic carbocycles. The molecule has 15 heavy (non-hydrogen) atoms. The zero-order chi connectivity index (χ0) is 10.8. The molecule has 0 bridgehead atoms. The SMILES string of the molecule is CC(C)NC(=O)N1CCC2N=NCC2C1. The van der Waals surface area contributed by atoms with E-state index >= 15 is 0 Å². The number of nitrogens with one attached hydrogen (secondary N) is 1. The van der Waals surface area contributed by atoms with Crippen molar-refractivity contribution >= 4 is 6.03 Å². The van der Waals surface area contributed by atoms with Crippen molar-refractivity contribution in [2.45, 2.75) is 32.4 Å². The number of piperidine rings is 1. The minimum atomic E-state index is 0.0513. The predicted octanol–water partition coefficient (Wildman–Crippen LogP) is 1.26. The maximum absolute atomic E-state index is 11.8. The van der Waals surface area contributed by atoms with Crippen molar-refractivity contribution < 1.29 is 4.79 Å². The molecule has 84 valence electrons. The third-order valence-electron chi connectivity index (χ3n) is 2.94. The molecular weight excluding hydrogens is 192 g/mol. The van der Waals surface area contributed by atoms with Crippen LogP contribution in [0.1, 0.15) is 20.3 Å². The summed E-state index contributed by atoms with van der Waals surface area (Å²) in [5.74, 6) is 0.455. The van der Waals surface area contributed by atoms with E-state index in [4.69, 9.17) is 0 Å². The molecule has 0 aromatic heterocycles. The number of nitrogens with zero attached hydrogens (tertiary/aromatic N) is 3. The number of azo groups is 1. The first kappa shape index (κ1) is 10.4. The first-order valence-electron chi connectivity index (χ1n) is 5.59. The Kier molecular flexibility index (Phi) is 2.88. The van der Waals surface area contributed by atoms with Gasteiger partial charge < -0.3 is 10.2 Å². The normalized spacial score (nSPS) is 29.4. The van der Waals surface area contributed by atoms with Crippen LogP contribution in [0.4, 0.5) is 4.79 Å². The summed E-state index contributed by atoms with van der Waals surface area (Å²) in [6, 6.07) is 0.622. The molecule has 0 spiro atoms. The Labute approximate surface area is 89.9 Å². The van der Waals surface area contributed by atoms with Gasteiger partial charge in [0.2, 0.25) is 0 Å². The average Bonchev–Trinajstić information content (AvgIpc) is 2.62. The summed E-state index contributed by atoms with van der Waals surface area (Å²) in [7, 11) is 0. The van der Waals surface area contributed by atoms with Crippen LogP contribution in [-0.2, 0) is 0 Å². The lowest BCUT2D eigenvalue weighted by Gasteiger charge is -2.33. The summed E-state index contributed by atoms with van der Waals surface area (Å²) in [6.07, 6.45) is 0.958. The monoisotopic (exact) mass is 210 g/mol. The summed E-state index contributed by atoms with van der Waals surface area (Å²) < 4.78 is 0. The number of fused-ring (bicyclic) bond motifs is 1. The van der Waals surface area contributed by atoms with E-state index in [1.54, 1.807) is 0 Å². The lowest BCUT2D eigenvalue weighted by Crippen LogP contribution is -2.50. The van der Waals surface area contributed by atoms with Gasteiger partial charge in [-0.1, -0.05) is 0 Å². The van der Waals surface area contributed by atoms with E-state index in [0.717, 1.165) is 26.1 Å². The fourth-order valence-electron chi connectivity index (χ4n) is 2.13. The Bertz CT molecular complexity index is 277. The van der Waals surface area contributed by atoms with Crippen LogP contribution < -0.4 is 5.32 Å². The van der Waals surface area contributed by atoms with Crippen molar-refractivity contribution in [3.05, 3.63) is 0 Å². The Morgan fingerprint density at radius 3 is 3.07 bits per heavy atom. The van der Waals surface area contributed by atoms with Crippen molar-refractivity contribution in [2.24, 2.45) is 16.1 Å². The van der Waals surface area contributed by atoms with Crippen molar-refractivity contribution in [2.75, 3.05) is 19.6 Å². The minimum absolute atomic E-state index is 0.0513. The molecule has 0 aliphatic carbocycles. The van der Waals surface area contributed by atoms with Crippen molar-refractivity contribution in [3.8, 4) is 0 Å². The van der Waals surface area contributed by atoms with Crippen LogP contribution in [0.25, 0.3) is 0 Å². The molecule has 1 N–H and O–H groups in total. The molecule has 5 heteroatoms. The Morgan fingerprint density at radius 1 is 1.53 bits per heavy atom. The highest BCUT2D eigenvalue weighted by Crippen LogP contribution is 2.25. The maximum Gasteiger partial charge on any atom is 0.317 e. The summed E-state index contributed by atoms with van der Waals surface area (Å²) in [5.41, 5.74) is 0. The van der Waals surface area contributed by atoms with E-state index in [2.05, 4.69) is 15.5 Å². The van der Waals surface area contributed by atoms with Crippen molar-refractivity contribution in [1.82, 2.24) is 10.2 Å². The molecule has 1 saturated heterocycles. The largest absolute Gasteiger partial charge is 0.336 e. The summed E-state index contributed by atoms with van der Waals surface area (Å²) in [4.78, 5) is 13.6. The second-order valence-corrected chi connectivity index (χ2v) is 4.61. The number of hydrogen-bond acceptors (Lipinski definition) is 3. The van der Waals surface area contributed by atoms with Crippen LogP contribution in [0.3, 0.4) is 0 Å². The summed E-state index contributed by atoms with van der Waals surface area (Å²) in [5, 5.41) is 11.1. The fourth-order valence-corrected chi connectivity index (χ4v) is 2.13.